The number of nitrogens with two attached hydrogens (primary N) is 1. The van der Waals surface area contributed by atoms with E-state index in [2.05, 4.69) is 5.32 Å². The maximum atomic E-state index is 5.89. The van der Waals surface area contributed by atoms with Gasteiger partial charge in [0.2, 0.25) is 0 Å². The molecular formula is C11H22N2O. The van der Waals surface area contributed by atoms with Crippen LogP contribution in [0.2, 0.25) is 0 Å². The van der Waals surface area contributed by atoms with Gasteiger partial charge in [0.25, 0.3) is 0 Å². The van der Waals surface area contributed by atoms with Crippen LogP contribution in [0.3, 0.4) is 0 Å². The third-order valence-corrected chi connectivity index (χ3v) is 3.50. The molecule has 2 unspecified atom stereocenters. The zero-order valence-corrected chi connectivity index (χ0v) is 8.87. The first-order valence-electron chi connectivity index (χ1n) is 5.91. The Morgan fingerprint density at radius 1 is 1.14 bits per heavy atom. The lowest BCUT2D eigenvalue weighted by Crippen LogP contribution is -2.37. The van der Waals surface area contributed by atoms with Crippen LogP contribution in [0, 0.1) is 5.92 Å². The van der Waals surface area contributed by atoms with Crippen LogP contribution in [0.1, 0.15) is 32.1 Å². The second-order valence-corrected chi connectivity index (χ2v) is 4.73. The summed E-state index contributed by atoms with van der Waals surface area (Å²) in [4.78, 5) is 0. The first kappa shape index (κ1) is 10.4. The van der Waals surface area contributed by atoms with Crippen molar-refractivity contribution in [3.63, 3.8) is 0 Å². The van der Waals surface area contributed by atoms with Gasteiger partial charge in [0, 0.05) is 25.3 Å². The smallest absolute Gasteiger partial charge is 0.0480 e. The average molecular weight is 198 g/mol. The molecule has 14 heavy (non-hydrogen) atoms. The van der Waals surface area contributed by atoms with Crippen molar-refractivity contribution in [2.24, 2.45) is 11.7 Å². The molecule has 0 amide bonds. The second kappa shape index (κ2) is 5.10. The molecule has 2 aliphatic rings. The van der Waals surface area contributed by atoms with Crippen molar-refractivity contribution < 1.29 is 4.74 Å². The monoisotopic (exact) mass is 198 g/mol. The predicted molar refractivity (Wildman–Crippen MR) is 57.2 cm³/mol. The van der Waals surface area contributed by atoms with Gasteiger partial charge in [-0.1, -0.05) is 0 Å². The molecule has 2 rings (SSSR count). The number of nitrogens with one attached hydrogen (secondary N) is 1. The Kier molecular flexibility index (Phi) is 3.79. The van der Waals surface area contributed by atoms with Crippen molar-refractivity contribution in [2.45, 2.75) is 44.2 Å². The third kappa shape index (κ3) is 2.94. The Hall–Kier alpha value is -0.120. The Bertz CT molecular complexity index is 164. The highest BCUT2D eigenvalue weighted by molar-refractivity contribution is 4.80. The normalized spacial score (nSPS) is 34.9. The first-order chi connectivity index (χ1) is 6.84. The van der Waals surface area contributed by atoms with Crippen molar-refractivity contribution in [1.82, 2.24) is 5.32 Å². The van der Waals surface area contributed by atoms with Crippen LogP contribution < -0.4 is 11.1 Å². The summed E-state index contributed by atoms with van der Waals surface area (Å²) in [6, 6.07) is 1.16. The Balaban J connectivity index is 1.61. The minimum Gasteiger partial charge on any atom is -0.381 e. The number of ether oxygens (including phenoxy) is 1. The third-order valence-electron chi connectivity index (χ3n) is 3.50. The summed E-state index contributed by atoms with van der Waals surface area (Å²) < 4.78 is 5.33. The topological polar surface area (TPSA) is 47.3 Å². The molecule has 0 aromatic rings. The van der Waals surface area contributed by atoms with Crippen molar-refractivity contribution in [1.29, 1.82) is 0 Å². The van der Waals surface area contributed by atoms with Gasteiger partial charge in [0.1, 0.15) is 0 Å². The van der Waals surface area contributed by atoms with E-state index in [4.69, 9.17) is 10.5 Å². The van der Waals surface area contributed by atoms with E-state index in [9.17, 15) is 0 Å². The van der Waals surface area contributed by atoms with Crippen molar-refractivity contribution >= 4 is 0 Å². The van der Waals surface area contributed by atoms with E-state index in [1.807, 2.05) is 0 Å². The largest absolute Gasteiger partial charge is 0.381 e. The van der Waals surface area contributed by atoms with Crippen LogP contribution in [0.5, 0.6) is 0 Å². The van der Waals surface area contributed by atoms with Gasteiger partial charge in [-0.15, -0.1) is 0 Å². The molecule has 1 heterocycles. The molecule has 0 radical (unpaired) electrons. The number of hydrogen-bond donors (Lipinski definition) is 2. The van der Waals surface area contributed by atoms with E-state index < -0.39 is 0 Å². The highest BCUT2D eigenvalue weighted by atomic mass is 16.5. The Morgan fingerprint density at radius 2 is 1.93 bits per heavy atom. The zero-order chi connectivity index (χ0) is 9.80. The SMILES string of the molecule is NC1CCC(CNC2CCOCC2)C1. The molecule has 2 atom stereocenters. The van der Waals surface area contributed by atoms with Crippen molar-refractivity contribution in [2.75, 3.05) is 19.8 Å². The van der Waals surface area contributed by atoms with E-state index in [0.717, 1.165) is 19.1 Å². The summed E-state index contributed by atoms with van der Waals surface area (Å²) in [5.41, 5.74) is 5.89. The Labute approximate surface area is 86.4 Å². The van der Waals surface area contributed by atoms with Gasteiger partial charge in [-0.25, -0.2) is 0 Å². The number of hydrogen-bond acceptors (Lipinski definition) is 3. The minimum atomic E-state index is 0.469. The van der Waals surface area contributed by atoms with Crippen LogP contribution in [-0.4, -0.2) is 31.8 Å². The minimum absolute atomic E-state index is 0.469. The Morgan fingerprint density at radius 3 is 2.57 bits per heavy atom. The average Bonchev–Trinajstić information content (AvgIpc) is 2.63. The van der Waals surface area contributed by atoms with Gasteiger partial charge in [-0.3, -0.25) is 0 Å². The summed E-state index contributed by atoms with van der Waals surface area (Å²) in [5, 5.41) is 3.65. The summed E-state index contributed by atoms with van der Waals surface area (Å²) >= 11 is 0. The molecule has 82 valence electrons. The van der Waals surface area contributed by atoms with E-state index in [1.165, 1.54) is 38.6 Å². The van der Waals surface area contributed by atoms with Crippen LogP contribution in [0.15, 0.2) is 0 Å². The lowest BCUT2D eigenvalue weighted by Gasteiger charge is -2.24. The van der Waals surface area contributed by atoms with E-state index in [-0.39, 0.29) is 0 Å². The number of rotatable bonds is 3. The summed E-state index contributed by atoms with van der Waals surface area (Å²) in [6.07, 6.45) is 6.12. The van der Waals surface area contributed by atoms with Crippen LogP contribution in [-0.2, 0) is 4.74 Å². The molecule has 0 aromatic heterocycles. The van der Waals surface area contributed by atoms with Gasteiger partial charge >= 0.3 is 0 Å². The fourth-order valence-corrected chi connectivity index (χ4v) is 2.53. The predicted octanol–water partition coefficient (Wildman–Crippen LogP) is 0.882. The zero-order valence-electron chi connectivity index (χ0n) is 8.87. The highest BCUT2D eigenvalue weighted by Gasteiger charge is 2.22. The van der Waals surface area contributed by atoms with Gasteiger partial charge in [-0.2, -0.15) is 0 Å². The molecule has 0 aromatic carbocycles. The van der Waals surface area contributed by atoms with Gasteiger partial charge in [-0.05, 0) is 44.6 Å². The molecule has 1 aliphatic heterocycles. The maximum absolute atomic E-state index is 5.89. The van der Waals surface area contributed by atoms with Crippen LogP contribution in [0.4, 0.5) is 0 Å². The molecular weight excluding hydrogens is 176 g/mol. The molecule has 3 heteroatoms. The van der Waals surface area contributed by atoms with E-state index in [0.29, 0.717) is 12.1 Å². The molecule has 0 bridgehead atoms. The summed E-state index contributed by atoms with van der Waals surface area (Å²) in [7, 11) is 0. The maximum Gasteiger partial charge on any atom is 0.0480 e. The van der Waals surface area contributed by atoms with Crippen molar-refractivity contribution in [3.05, 3.63) is 0 Å². The van der Waals surface area contributed by atoms with Crippen LogP contribution in [0.25, 0.3) is 0 Å². The first-order valence-corrected chi connectivity index (χ1v) is 5.91. The second-order valence-electron chi connectivity index (χ2n) is 4.73. The van der Waals surface area contributed by atoms with E-state index >= 15 is 0 Å². The lowest BCUT2D eigenvalue weighted by atomic mass is 10.1. The molecule has 2 fully saturated rings. The standard InChI is InChI=1S/C11H22N2O/c12-10-2-1-9(7-10)8-13-11-3-5-14-6-4-11/h9-11,13H,1-8,12H2. The molecule has 3 N–H and O–H groups in total. The molecule has 3 nitrogen and oxygen atoms in total. The van der Waals surface area contributed by atoms with Gasteiger partial charge in [0.05, 0.1) is 0 Å². The van der Waals surface area contributed by atoms with Gasteiger partial charge in [0.15, 0.2) is 0 Å². The quantitative estimate of drug-likeness (QED) is 0.708. The molecule has 1 saturated carbocycles. The van der Waals surface area contributed by atoms with Crippen molar-refractivity contribution in [3.8, 4) is 0 Å². The van der Waals surface area contributed by atoms with Crippen LogP contribution >= 0.6 is 0 Å². The highest BCUT2D eigenvalue weighted by Crippen LogP contribution is 2.23. The fourth-order valence-electron chi connectivity index (χ4n) is 2.53. The lowest BCUT2D eigenvalue weighted by molar-refractivity contribution is 0.0770. The molecule has 1 saturated heterocycles. The summed E-state index contributed by atoms with van der Waals surface area (Å²) in [6.45, 7) is 3.03. The molecule has 1 aliphatic carbocycles. The molecule has 0 spiro atoms. The summed E-state index contributed by atoms with van der Waals surface area (Å²) in [5.74, 6) is 0.827. The van der Waals surface area contributed by atoms with Gasteiger partial charge < -0.3 is 15.8 Å². The van der Waals surface area contributed by atoms with E-state index in [1.54, 1.807) is 0 Å². The fraction of sp³-hybridized carbons (Fsp3) is 1.00.